The third-order valence-corrected chi connectivity index (χ3v) is 23.3. The molecule has 0 amide bonds. The molecule has 4 aromatic carbocycles. The van der Waals surface area contributed by atoms with Crippen LogP contribution in [0.1, 0.15) is 282 Å². The average molecular weight is 1710 g/mol. The highest BCUT2D eigenvalue weighted by molar-refractivity contribution is 5.77. The number of methoxy groups -OCH3 is 8. The van der Waals surface area contributed by atoms with Gasteiger partial charge < -0.3 is 79.8 Å². The van der Waals surface area contributed by atoms with Crippen LogP contribution in [0, 0.1) is 70.9 Å². The number of esters is 4. The molecule has 24 nitrogen and oxygen atoms in total. The van der Waals surface area contributed by atoms with E-state index in [9.17, 15) is 19.2 Å². The van der Waals surface area contributed by atoms with E-state index in [-0.39, 0.29) is 196 Å². The summed E-state index contributed by atoms with van der Waals surface area (Å²) < 4.78 is 380. The fraction of sp³-hybridized carbons (Fsp3) is 0.708. The maximum Gasteiger partial charge on any atom is 0.323 e. The van der Waals surface area contributed by atoms with Crippen LogP contribution < -0.4 is 60.8 Å². The van der Waals surface area contributed by atoms with Crippen molar-refractivity contribution in [3.8, 4) is 46.0 Å². The normalized spacial score (nSPS) is 32.6. The van der Waals surface area contributed by atoms with E-state index in [1.165, 1.54) is 42.7 Å². The van der Waals surface area contributed by atoms with E-state index in [1.54, 1.807) is 55.4 Å². The molecule has 0 aliphatic carbocycles. The van der Waals surface area contributed by atoms with Gasteiger partial charge in [-0.3, -0.25) is 38.8 Å². The molecule has 8 aliphatic rings. The minimum atomic E-state index is -2.99. The molecule has 0 spiro atoms. The third-order valence-electron chi connectivity index (χ3n) is 23.3. The van der Waals surface area contributed by atoms with Crippen molar-refractivity contribution in [3.63, 3.8) is 0 Å². The van der Waals surface area contributed by atoms with E-state index in [0.717, 1.165) is 27.7 Å². The van der Waals surface area contributed by atoms with Gasteiger partial charge in [-0.05, 0) is 191 Å². The quantitative estimate of drug-likeness (QED) is 0.0303. The van der Waals surface area contributed by atoms with Gasteiger partial charge in [-0.1, -0.05) is 110 Å². The molecule has 4 fully saturated rings. The Morgan fingerprint density at radius 3 is 0.717 bits per heavy atom. The lowest BCUT2D eigenvalue weighted by Crippen LogP contribution is -2.51. The van der Waals surface area contributed by atoms with Gasteiger partial charge >= 0.3 is 23.9 Å². The number of carbonyl (C=O) groups excluding carboxylic acids is 4. The van der Waals surface area contributed by atoms with Crippen molar-refractivity contribution in [1.82, 2.24) is 19.6 Å². The Morgan fingerprint density at radius 1 is 0.350 bits per heavy atom. The predicted octanol–water partition coefficient (Wildman–Crippen LogP) is 14.3. The van der Waals surface area contributed by atoms with Crippen molar-refractivity contribution in [3.05, 3.63) is 92.8 Å². The molecule has 16 unspecified atom stereocenters. The number of carbonyl (C=O) groups is 4. The molecular formula is C96H152N8O16. The van der Waals surface area contributed by atoms with E-state index in [1.807, 2.05) is 19.6 Å². The van der Waals surface area contributed by atoms with Gasteiger partial charge in [0, 0.05) is 159 Å². The molecule has 24 heteroatoms. The van der Waals surface area contributed by atoms with Crippen molar-refractivity contribution in [1.29, 1.82) is 0 Å². The van der Waals surface area contributed by atoms with Gasteiger partial charge in [0.15, 0.2) is 46.0 Å². The lowest BCUT2D eigenvalue weighted by atomic mass is 9.79. The van der Waals surface area contributed by atoms with Crippen LogP contribution in [-0.4, -0.2) is 201 Å². The highest BCUT2D eigenvalue weighted by atomic mass is 16.6. The molecule has 0 radical (unpaired) electrons. The molecule has 20 atom stereocenters. The van der Waals surface area contributed by atoms with Crippen LogP contribution in [0.3, 0.4) is 0 Å². The molecule has 8 heterocycles. The molecular weight excluding hydrogens is 1520 g/mol. The first-order valence-corrected chi connectivity index (χ1v) is 41.0. The van der Waals surface area contributed by atoms with Gasteiger partial charge in [0.2, 0.25) is 0 Å². The number of benzene rings is 4. The van der Waals surface area contributed by atoms with Gasteiger partial charge in [0.1, 0.15) is 48.6 Å². The number of nitrogens with zero attached hydrogens (tertiary/aromatic N) is 4. The van der Waals surface area contributed by atoms with Crippen LogP contribution in [-0.2, 0) is 63.8 Å². The molecule has 672 valence electrons. The SMILES string of the molecule is [2H]c1c2c(c([2H])c(OC)c1OC([2H])([2H])[2H])C1CC(OC(=O)[C@@H](N)C(C)C)C(C([2H])([2H])C([2H])(C)C([2H])([2H])[2H])CN1CC2.[2H]c1c2c(c([2H])c(OC)c1OC([2H])([2H])[2H])C1CC(OC(=O)[C@@H](N)C(C)C)C(C([2H])([2H])C([2H])(C)C([2H])([2H])[2H])CN1CC2.[2H]c1c2c(c([2H])c(OC)c1OC)C1CC(OC(=O)[C@@H](N)C(C)C)C(C([2H])([2H])C([2H])(C)C([2H])([2H])[2H])CN1CC2.[2H]c1c2c(c([2H])c(OC)c1OC)C1CC(OC(=O)[C@@H](N)C(C)C)C(C([2H])([2H])C([2H])(C)C([2H])([2H])[2H])CN1CC2. The van der Waals surface area contributed by atoms with E-state index in [2.05, 4.69) is 0 Å². The smallest absolute Gasteiger partial charge is 0.323 e. The third kappa shape index (κ3) is 23.8. The summed E-state index contributed by atoms with van der Waals surface area (Å²) in [5, 5.41) is 0. The Labute approximate surface area is 772 Å². The fourth-order valence-electron chi connectivity index (χ4n) is 16.5. The maximum absolute atomic E-state index is 13.0. The minimum Gasteiger partial charge on any atom is -0.493 e. The number of ether oxygens (including phenoxy) is 12. The second-order valence-corrected chi connectivity index (χ2v) is 33.1. The van der Waals surface area contributed by atoms with Crippen molar-refractivity contribution >= 4 is 23.9 Å². The van der Waals surface area contributed by atoms with Crippen molar-refractivity contribution in [2.45, 2.75) is 260 Å². The zero-order chi connectivity index (χ0) is 121. The van der Waals surface area contributed by atoms with Gasteiger partial charge in [0.05, 0.1) is 75.9 Å². The van der Waals surface area contributed by atoms with Gasteiger partial charge in [0.25, 0.3) is 0 Å². The first-order valence-electron chi connectivity index (χ1n) is 60.0. The van der Waals surface area contributed by atoms with Crippen LogP contribution in [0.4, 0.5) is 0 Å². The summed E-state index contributed by atoms with van der Waals surface area (Å²) in [6, 6.07) is -7.11. The summed E-state index contributed by atoms with van der Waals surface area (Å²) >= 11 is 0. The Morgan fingerprint density at radius 2 is 0.542 bits per heavy atom. The summed E-state index contributed by atoms with van der Waals surface area (Å²) in [6.07, 6.45) is -14.1. The molecule has 0 aromatic heterocycles. The van der Waals surface area contributed by atoms with Crippen LogP contribution in [0.15, 0.2) is 48.3 Å². The van der Waals surface area contributed by atoms with Crippen molar-refractivity contribution in [2.75, 3.05) is 109 Å². The number of rotatable bonds is 28. The molecule has 8 N–H and O–H groups in total. The molecule has 8 aliphatic heterocycles. The minimum absolute atomic E-state index is 0.0162. The molecule has 4 saturated heterocycles. The summed E-state index contributed by atoms with van der Waals surface area (Å²) in [5.41, 5.74) is 27.6. The van der Waals surface area contributed by atoms with E-state index in [4.69, 9.17) is 132 Å². The number of nitrogens with two attached hydrogens (primary N) is 4. The average Bonchev–Trinajstić information content (AvgIpc) is 0.730. The Kier molecular flexibility index (Phi) is 20.5. The maximum atomic E-state index is 13.0. The standard InChI is InChI=1S/4C24H38N2O4/c4*1-14(2)9-17-13-26-8-7-16-10-21(28-5)22(29-6)11-18(16)19(26)12-20(17)30-24(27)23(25)15(3)4/h4*10-11,14-15,17,19-20,23H,7-9,12-13,25H2,1-6H3/t4*17?,19?,20?,23-/m0000/s1/i2*1D3,5D3,9D2,10D,11D,14D;2*1D3,9D2,10D,11D,14D/t4*14?,17?,19?,20?,23-. The van der Waals surface area contributed by atoms with Crippen molar-refractivity contribution in [2.24, 2.45) is 93.9 Å². The lowest BCUT2D eigenvalue weighted by Gasteiger charge is -2.47. The summed E-state index contributed by atoms with van der Waals surface area (Å²) in [7, 11) is 2.23. The van der Waals surface area contributed by atoms with Gasteiger partial charge in [-0.2, -0.15) is 0 Å². The molecule has 120 heavy (non-hydrogen) atoms. The number of hydrogen-bond donors (Lipinski definition) is 4. The molecule has 0 bridgehead atoms. The number of piperidine rings is 4. The summed E-state index contributed by atoms with van der Waals surface area (Å²) in [6.45, 7) is 7.13. The van der Waals surface area contributed by atoms with E-state index >= 15 is 0 Å². The zero-order valence-corrected chi connectivity index (χ0v) is 72.5. The van der Waals surface area contributed by atoms with E-state index in [0.29, 0.717) is 70.4 Å². The Balaban J connectivity index is 0.000000233. The number of hydrogen-bond acceptors (Lipinski definition) is 24. The van der Waals surface area contributed by atoms with Crippen molar-refractivity contribution < 1.29 is 128 Å². The van der Waals surface area contributed by atoms with Gasteiger partial charge in [-0.25, -0.2) is 0 Å². The lowest BCUT2D eigenvalue weighted by molar-refractivity contribution is -0.161. The van der Waals surface area contributed by atoms with Crippen LogP contribution in [0.5, 0.6) is 46.0 Å². The van der Waals surface area contributed by atoms with Crippen LogP contribution in [0.25, 0.3) is 0 Å². The topological polar surface area (TPSA) is 296 Å². The predicted molar refractivity (Wildman–Crippen MR) is 471 cm³/mol. The molecule has 4 aromatic rings. The van der Waals surface area contributed by atoms with Gasteiger partial charge in [-0.15, -0.1) is 0 Å². The fourth-order valence-corrected chi connectivity index (χ4v) is 16.5. The van der Waals surface area contributed by atoms with Crippen LogP contribution >= 0.6 is 0 Å². The second kappa shape index (κ2) is 43.9. The molecule has 12 rings (SSSR count). The van der Waals surface area contributed by atoms with Crippen LogP contribution in [0.2, 0.25) is 0 Å². The monoisotopic (exact) mass is 1710 g/mol. The zero-order valence-electron chi connectivity index (χ0n) is 110. The highest BCUT2D eigenvalue weighted by Crippen LogP contribution is 2.50. The largest absolute Gasteiger partial charge is 0.493 e. The van der Waals surface area contributed by atoms with E-state index < -0.39 is 211 Å². The Hall–Kier alpha value is -7.16. The highest BCUT2D eigenvalue weighted by Gasteiger charge is 2.47. The number of fused-ring (bicyclic) bond motifs is 12. The first-order chi connectivity index (χ1) is 72.0. The first kappa shape index (κ1) is 55.9. The Bertz CT molecular complexity index is 5460. The summed E-state index contributed by atoms with van der Waals surface area (Å²) in [5.74, 6) is -19.9. The molecule has 0 saturated carbocycles. The summed E-state index contributed by atoms with van der Waals surface area (Å²) in [4.78, 5) is 59.3. The second-order valence-electron chi connectivity index (χ2n) is 33.1.